The highest BCUT2D eigenvalue weighted by atomic mass is 32.1. The maximum Gasteiger partial charge on any atom is 0.231 e. The molecule has 0 aliphatic heterocycles. The van der Waals surface area contributed by atoms with Gasteiger partial charge in [0.1, 0.15) is 0 Å². The van der Waals surface area contributed by atoms with Gasteiger partial charge in [-0.2, -0.15) is 0 Å². The second-order valence-corrected chi connectivity index (χ2v) is 4.55. The number of aromatic nitrogens is 1. The van der Waals surface area contributed by atoms with E-state index in [0.717, 1.165) is 16.6 Å². The lowest BCUT2D eigenvalue weighted by molar-refractivity contribution is -0.115. The molecule has 0 aliphatic rings. The molecule has 4 nitrogen and oxygen atoms in total. The fraction of sp³-hybridized carbons (Fsp3) is 0.154. The average molecular weight is 259 g/mol. The Kier molecular flexibility index (Phi) is 3.53. The number of aryl methyl sites for hydroxylation is 1. The van der Waals surface area contributed by atoms with Gasteiger partial charge < -0.3 is 11.1 Å². The maximum atomic E-state index is 11.6. The molecule has 2 rings (SSSR count). The molecule has 0 spiro atoms. The Bertz CT molecular complexity index is 625. The summed E-state index contributed by atoms with van der Waals surface area (Å²) < 4.78 is 0. The molecule has 1 amide bonds. The summed E-state index contributed by atoms with van der Waals surface area (Å²) in [5, 5.41) is 3.75. The minimum absolute atomic E-state index is 0.0392. The smallest absolute Gasteiger partial charge is 0.231 e. The number of nitrogens with zero attached hydrogens (tertiary/aromatic N) is 1. The van der Waals surface area contributed by atoms with Crippen LogP contribution in [0.1, 0.15) is 12.1 Å². The summed E-state index contributed by atoms with van der Waals surface area (Å²) in [7, 11) is 0. The number of nitrogens with two attached hydrogens (primary N) is 1. The highest BCUT2D eigenvalue weighted by molar-refractivity contribution is 7.80. The van der Waals surface area contributed by atoms with E-state index in [1.54, 1.807) is 0 Å². The number of para-hydroxylation sites is 1. The molecular weight excluding hydrogens is 246 g/mol. The van der Waals surface area contributed by atoms with Crippen molar-refractivity contribution in [2.24, 2.45) is 5.73 Å². The Morgan fingerprint density at radius 2 is 2.17 bits per heavy atom. The zero-order chi connectivity index (χ0) is 13.1. The number of hydrogen-bond acceptors (Lipinski definition) is 3. The normalized spacial score (nSPS) is 10.3. The van der Waals surface area contributed by atoms with Crippen LogP contribution in [0.15, 0.2) is 30.3 Å². The number of rotatable bonds is 3. The molecule has 0 unspecified atom stereocenters. The van der Waals surface area contributed by atoms with Crippen molar-refractivity contribution in [2.75, 3.05) is 5.32 Å². The highest BCUT2D eigenvalue weighted by Gasteiger charge is 2.07. The predicted octanol–water partition coefficient (Wildman–Crippen LogP) is 2.16. The molecule has 0 aliphatic carbocycles. The molecule has 92 valence electrons. The van der Waals surface area contributed by atoms with E-state index in [9.17, 15) is 4.79 Å². The minimum atomic E-state index is -0.224. The molecule has 2 aromatic rings. The van der Waals surface area contributed by atoms with Gasteiger partial charge in [-0.05, 0) is 19.1 Å². The topological polar surface area (TPSA) is 68.0 Å². The number of carbonyl (C=O) groups excluding carboxylic acids is 1. The quantitative estimate of drug-likeness (QED) is 0.829. The summed E-state index contributed by atoms with van der Waals surface area (Å²) in [6.45, 7) is 1.91. The molecule has 0 atom stereocenters. The number of nitrogens with one attached hydrogen (secondary N) is 1. The molecule has 0 fully saturated rings. The molecular formula is C13H13N3OS. The van der Waals surface area contributed by atoms with Crippen molar-refractivity contribution in [2.45, 2.75) is 13.3 Å². The lowest BCUT2D eigenvalue weighted by Crippen LogP contribution is -2.20. The van der Waals surface area contributed by atoms with Crippen molar-refractivity contribution in [1.29, 1.82) is 0 Å². The first kappa shape index (κ1) is 12.4. The third kappa shape index (κ3) is 2.81. The predicted molar refractivity (Wildman–Crippen MR) is 76.5 cm³/mol. The SMILES string of the molecule is Cc1ccc2cccc(NC(=O)CC(N)=S)c2n1. The summed E-state index contributed by atoms with van der Waals surface area (Å²) in [4.78, 5) is 16.3. The van der Waals surface area contributed by atoms with Crippen LogP contribution in [0.2, 0.25) is 0 Å². The van der Waals surface area contributed by atoms with Crippen molar-refractivity contribution >= 4 is 39.7 Å². The molecule has 5 heteroatoms. The van der Waals surface area contributed by atoms with Gasteiger partial charge in [0.15, 0.2) is 0 Å². The molecule has 0 saturated carbocycles. The van der Waals surface area contributed by atoms with Gasteiger partial charge >= 0.3 is 0 Å². The van der Waals surface area contributed by atoms with Gasteiger partial charge in [-0.3, -0.25) is 9.78 Å². The number of anilines is 1. The number of hydrogen-bond donors (Lipinski definition) is 2. The van der Waals surface area contributed by atoms with E-state index in [4.69, 9.17) is 18.0 Å². The van der Waals surface area contributed by atoms with E-state index in [2.05, 4.69) is 10.3 Å². The van der Waals surface area contributed by atoms with Crippen LogP contribution in [0.25, 0.3) is 10.9 Å². The molecule has 1 aromatic carbocycles. The number of fused-ring (bicyclic) bond motifs is 1. The summed E-state index contributed by atoms with van der Waals surface area (Å²) in [6.07, 6.45) is 0.0392. The second-order valence-electron chi connectivity index (χ2n) is 4.02. The largest absolute Gasteiger partial charge is 0.393 e. The standard InChI is InChI=1S/C13H13N3OS/c1-8-5-6-9-3-2-4-10(13(9)15-8)16-12(17)7-11(14)18/h2-6H,7H2,1H3,(H2,14,18)(H,16,17). The maximum absolute atomic E-state index is 11.6. The van der Waals surface area contributed by atoms with E-state index < -0.39 is 0 Å². The van der Waals surface area contributed by atoms with Crippen LogP contribution in [-0.4, -0.2) is 15.9 Å². The van der Waals surface area contributed by atoms with Crippen LogP contribution in [0.4, 0.5) is 5.69 Å². The first-order valence-corrected chi connectivity index (χ1v) is 5.91. The second kappa shape index (κ2) is 5.10. The molecule has 0 saturated heterocycles. The van der Waals surface area contributed by atoms with Crippen molar-refractivity contribution in [3.05, 3.63) is 36.0 Å². The Balaban J connectivity index is 2.35. The molecule has 3 N–H and O–H groups in total. The van der Waals surface area contributed by atoms with Crippen LogP contribution in [0, 0.1) is 6.92 Å². The highest BCUT2D eigenvalue weighted by Crippen LogP contribution is 2.21. The number of benzene rings is 1. The van der Waals surface area contributed by atoms with Gasteiger partial charge in [-0.15, -0.1) is 0 Å². The fourth-order valence-corrected chi connectivity index (χ4v) is 1.83. The van der Waals surface area contributed by atoms with Gasteiger partial charge in [0.05, 0.1) is 22.6 Å². The zero-order valence-corrected chi connectivity index (χ0v) is 10.8. The third-order valence-electron chi connectivity index (χ3n) is 2.47. The average Bonchev–Trinajstić information content (AvgIpc) is 2.28. The number of thiocarbonyl (C=S) groups is 1. The van der Waals surface area contributed by atoms with Crippen LogP contribution >= 0.6 is 12.2 Å². The van der Waals surface area contributed by atoms with Crippen molar-refractivity contribution < 1.29 is 4.79 Å². The van der Waals surface area contributed by atoms with E-state index in [-0.39, 0.29) is 17.3 Å². The number of amides is 1. The molecule has 0 bridgehead atoms. The first-order chi connectivity index (χ1) is 8.56. The van der Waals surface area contributed by atoms with Gasteiger partial charge in [-0.1, -0.05) is 30.4 Å². The van der Waals surface area contributed by atoms with E-state index >= 15 is 0 Å². The lowest BCUT2D eigenvalue weighted by Gasteiger charge is -2.08. The zero-order valence-electron chi connectivity index (χ0n) is 9.93. The van der Waals surface area contributed by atoms with Crippen LogP contribution in [0.5, 0.6) is 0 Å². The van der Waals surface area contributed by atoms with Gasteiger partial charge in [0.25, 0.3) is 0 Å². The minimum Gasteiger partial charge on any atom is -0.393 e. The Hall–Kier alpha value is -2.01. The number of carbonyl (C=O) groups is 1. The Morgan fingerprint density at radius 3 is 2.89 bits per heavy atom. The Morgan fingerprint density at radius 1 is 1.39 bits per heavy atom. The van der Waals surface area contributed by atoms with Crippen LogP contribution in [-0.2, 0) is 4.79 Å². The van der Waals surface area contributed by atoms with E-state index in [1.807, 2.05) is 37.3 Å². The first-order valence-electron chi connectivity index (χ1n) is 5.51. The number of pyridine rings is 1. The van der Waals surface area contributed by atoms with Crippen molar-refractivity contribution in [3.63, 3.8) is 0 Å². The van der Waals surface area contributed by atoms with Crippen molar-refractivity contribution in [3.8, 4) is 0 Å². The fourth-order valence-electron chi connectivity index (χ4n) is 1.70. The summed E-state index contributed by atoms with van der Waals surface area (Å²) in [5.74, 6) is -0.224. The lowest BCUT2D eigenvalue weighted by atomic mass is 10.1. The monoisotopic (exact) mass is 259 g/mol. The van der Waals surface area contributed by atoms with Gasteiger partial charge in [0.2, 0.25) is 5.91 Å². The summed E-state index contributed by atoms with van der Waals surface area (Å²) in [5.41, 5.74) is 7.69. The van der Waals surface area contributed by atoms with Gasteiger partial charge in [0, 0.05) is 11.1 Å². The summed E-state index contributed by atoms with van der Waals surface area (Å²) >= 11 is 4.71. The van der Waals surface area contributed by atoms with Crippen LogP contribution in [0.3, 0.4) is 0 Å². The molecule has 1 aromatic heterocycles. The molecule has 18 heavy (non-hydrogen) atoms. The molecule has 0 radical (unpaired) electrons. The van der Waals surface area contributed by atoms with Gasteiger partial charge in [-0.25, -0.2) is 0 Å². The summed E-state index contributed by atoms with van der Waals surface area (Å²) in [6, 6.07) is 9.54. The van der Waals surface area contributed by atoms with E-state index in [1.165, 1.54) is 0 Å². The van der Waals surface area contributed by atoms with Crippen LogP contribution < -0.4 is 11.1 Å². The molecule has 1 heterocycles. The third-order valence-corrected chi connectivity index (χ3v) is 2.61. The van der Waals surface area contributed by atoms with Crippen molar-refractivity contribution in [1.82, 2.24) is 4.98 Å². The Labute approximate surface area is 110 Å². The van der Waals surface area contributed by atoms with E-state index in [0.29, 0.717) is 5.69 Å².